The molecule has 2 aliphatic carbocycles. The molecule has 0 radical (unpaired) electrons. The Labute approximate surface area is 165 Å². The summed E-state index contributed by atoms with van der Waals surface area (Å²) in [6.45, 7) is 6.30. The van der Waals surface area contributed by atoms with Gasteiger partial charge >= 0.3 is 0 Å². The summed E-state index contributed by atoms with van der Waals surface area (Å²) in [6.07, 6.45) is 1.32. The molecule has 28 heavy (non-hydrogen) atoms. The van der Waals surface area contributed by atoms with Crippen LogP contribution in [0.25, 0.3) is 5.70 Å². The van der Waals surface area contributed by atoms with E-state index in [4.69, 9.17) is 4.99 Å². The second kappa shape index (κ2) is 5.84. The number of ketones is 2. The summed E-state index contributed by atoms with van der Waals surface area (Å²) in [7, 11) is 0. The van der Waals surface area contributed by atoms with Crippen LogP contribution >= 0.6 is 0 Å². The Bertz CT molecular complexity index is 1090. The number of Topliss-reactive ketones (excluding diaryl/α,β-unsaturated/α-hetero) is 2. The Morgan fingerprint density at radius 3 is 2.29 bits per heavy atom. The van der Waals surface area contributed by atoms with Gasteiger partial charge in [0.1, 0.15) is 5.78 Å². The van der Waals surface area contributed by atoms with E-state index in [1.165, 1.54) is 5.56 Å². The number of fused-ring (bicyclic) bond motifs is 3. The van der Waals surface area contributed by atoms with Gasteiger partial charge in [0.2, 0.25) is 0 Å². The van der Waals surface area contributed by atoms with Crippen LogP contribution in [0.15, 0.2) is 59.1 Å². The van der Waals surface area contributed by atoms with Crippen LogP contribution in [0.4, 0.5) is 0 Å². The Balaban J connectivity index is 1.75. The third-order valence-electron chi connectivity index (χ3n) is 6.28. The molecule has 3 aliphatic rings. The standard InChI is InChI=1S/C25H23NO2/c1-14-8-10-15(11-9-14)20-21-18(12-25(2,3)13-19(21)27)26-23-16-6-4-5-7-17(16)24(28)22(20)23/h4-11,20-21H,12-13H2,1-3H3/t20-,21+/m0/s1. The first-order valence-electron chi connectivity index (χ1n) is 9.91. The second-order valence-electron chi connectivity index (χ2n) is 9.09. The average Bonchev–Trinajstić information content (AvgIpc) is 2.93. The average molecular weight is 369 g/mol. The van der Waals surface area contributed by atoms with Gasteiger partial charge in [-0.2, -0.15) is 0 Å². The number of hydrogen-bond donors (Lipinski definition) is 0. The number of aryl methyl sites for hydroxylation is 1. The molecule has 0 amide bonds. The van der Waals surface area contributed by atoms with Crippen LogP contribution in [0, 0.1) is 18.3 Å². The molecule has 0 unspecified atom stereocenters. The van der Waals surface area contributed by atoms with Gasteiger partial charge in [0.25, 0.3) is 0 Å². The first-order valence-corrected chi connectivity index (χ1v) is 9.91. The Hall–Kier alpha value is -2.81. The molecule has 140 valence electrons. The molecular formula is C25H23NO2. The van der Waals surface area contributed by atoms with Crippen molar-refractivity contribution in [2.75, 3.05) is 0 Å². The van der Waals surface area contributed by atoms with Gasteiger partial charge in [-0.1, -0.05) is 67.9 Å². The summed E-state index contributed by atoms with van der Waals surface area (Å²) in [5.41, 5.74) is 6.14. The van der Waals surface area contributed by atoms with Gasteiger partial charge in [0, 0.05) is 34.8 Å². The first-order chi connectivity index (χ1) is 13.4. The zero-order valence-electron chi connectivity index (χ0n) is 16.5. The van der Waals surface area contributed by atoms with E-state index in [1.54, 1.807) is 0 Å². The Morgan fingerprint density at radius 1 is 0.893 bits per heavy atom. The van der Waals surface area contributed by atoms with Gasteiger partial charge in [0.15, 0.2) is 5.78 Å². The third kappa shape index (κ3) is 2.46. The van der Waals surface area contributed by atoms with Gasteiger partial charge in [-0.25, -0.2) is 0 Å². The fourth-order valence-electron chi connectivity index (χ4n) is 5.06. The molecule has 3 nitrogen and oxygen atoms in total. The molecule has 2 aromatic carbocycles. The maximum absolute atomic E-state index is 13.4. The molecule has 0 bridgehead atoms. The predicted molar refractivity (Wildman–Crippen MR) is 111 cm³/mol. The molecule has 1 fully saturated rings. The van der Waals surface area contributed by atoms with E-state index in [2.05, 4.69) is 38.1 Å². The minimum Gasteiger partial charge on any atom is -0.299 e. The van der Waals surface area contributed by atoms with Gasteiger partial charge in [0.05, 0.1) is 11.6 Å². The largest absolute Gasteiger partial charge is 0.299 e. The van der Waals surface area contributed by atoms with Crippen molar-refractivity contribution in [2.45, 2.75) is 39.5 Å². The highest BCUT2D eigenvalue weighted by Crippen LogP contribution is 2.51. The van der Waals surface area contributed by atoms with Gasteiger partial charge in [-0.15, -0.1) is 0 Å². The van der Waals surface area contributed by atoms with Crippen molar-refractivity contribution < 1.29 is 9.59 Å². The van der Waals surface area contributed by atoms with E-state index >= 15 is 0 Å². The van der Waals surface area contributed by atoms with E-state index < -0.39 is 0 Å². The molecular weight excluding hydrogens is 346 g/mol. The van der Waals surface area contributed by atoms with Crippen LogP contribution < -0.4 is 0 Å². The summed E-state index contributed by atoms with van der Waals surface area (Å²) in [4.78, 5) is 31.6. The fraction of sp³-hybridized carbons (Fsp3) is 0.320. The van der Waals surface area contributed by atoms with Gasteiger partial charge < -0.3 is 0 Å². The molecule has 1 aliphatic heterocycles. The topological polar surface area (TPSA) is 46.5 Å². The fourth-order valence-corrected chi connectivity index (χ4v) is 5.06. The van der Waals surface area contributed by atoms with E-state index in [9.17, 15) is 9.59 Å². The van der Waals surface area contributed by atoms with Crippen molar-refractivity contribution in [3.05, 3.63) is 76.4 Å². The van der Waals surface area contributed by atoms with Crippen molar-refractivity contribution >= 4 is 23.0 Å². The maximum Gasteiger partial charge on any atom is 0.192 e. The predicted octanol–water partition coefficient (Wildman–Crippen LogP) is 5.15. The van der Waals surface area contributed by atoms with Crippen LogP contribution in [0.1, 0.15) is 59.7 Å². The van der Waals surface area contributed by atoms with E-state index in [1.807, 2.05) is 31.2 Å². The summed E-state index contributed by atoms with van der Waals surface area (Å²) in [5, 5.41) is 0. The molecule has 5 rings (SSSR count). The number of nitrogens with zero attached hydrogens (tertiary/aromatic N) is 1. The van der Waals surface area contributed by atoms with Crippen molar-refractivity contribution in [1.82, 2.24) is 0 Å². The van der Waals surface area contributed by atoms with E-state index in [0.717, 1.165) is 29.0 Å². The van der Waals surface area contributed by atoms with Crippen LogP contribution in [0.5, 0.6) is 0 Å². The number of aliphatic imine (C=N–C) groups is 1. The molecule has 1 heterocycles. The normalized spacial score (nSPS) is 25.2. The van der Waals surface area contributed by atoms with Crippen LogP contribution in [-0.2, 0) is 4.79 Å². The summed E-state index contributed by atoms with van der Waals surface area (Å²) >= 11 is 0. The SMILES string of the molecule is Cc1ccc([C@@H]2C3=C(N=C4CC(C)(C)CC(=O)[C@@H]42)c2ccccc2C3=O)cc1. The molecule has 2 aromatic rings. The number of rotatable bonds is 1. The molecule has 1 saturated carbocycles. The van der Waals surface area contributed by atoms with Crippen molar-refractivity contribution in [3.63, 3.8) is 0 Å². The van der Waals surface area contributed by atoms with Crippen LogP contribution in [0.2, 0.25) is 0 Å². The van der Waals surface area contributed by atoms with Gasteiger partial charge in [-0.3, -0.25) is 14.6 Å². The minimum atomic E-state index is -0.326. The number of allylic oxidation sites excluding steroid dienone is 1. The van der Waals surface area contributed by atoms with Crippen molar-refractivity contribution in [3.8, 4) is 0 Å². The van der Waals surface area contributed by atoms with Crippen molar-refractivity contribution in [2.24, 2.45) is 16.3 Å². The first kappa shape index (κ1) is 17.3. The molecule has 0 aromatic heterocycles. The summed E-state index contributed by atoms with van der Waals surface area (Å²) < 4.78 is 0. The lowest BCUT2D eigenvalue weighted by atomic mass is 9.63. The smallest absolute Gasteiger partial charge is 0.192 e. The highest BCUT2D eigenvalue weighted by molar-refractivity contribution is 6.25. The van der Waals surface area contributed by atoms with Crippen LogP contribution in [0.3, 0.4) is 0 Å². The second-order valence-corrected chi connectivity index (χ2v) is 9.09. The quantitative estimate of drug-likeness (QED) is 0.698. The van der Waals surface area contributed by atoms with Crippen LogP contribution in [-0.4, -0.2) is 17.3 Å². The lowest BCUT2D eigenvalue weighted by molar-refractivity contribution is -0.124. The highest BCUT2D eigenvalue weighted by Gasteiger charge is 2.49. The maximum atomic E-state index is 13.4. The molecule has 0 saturated heterocycles. The third-order valence-corrected chi connectivity index (χ3v) is 6.28. The monoisotopic (exact) mass is 369 g/mol. The molecule has 3 heteroatoms. The zero-order chi connectivity index (χ0) is 19.6. The zero-order valence-corrected chi connectivity index (χ0v) is 16.5. The minimum absolute atomic E-state index is 0.0246. The molecule has 2 atom stereocenters. The lowest BCUT2D eigenvalue weighted by Crippen LogP contribution is -2.43. The van der Waals surface area contributed by atoms with E-state index in [-0.39, 0.29) is 28.8 Å². The Kier molecular flexibility index (Phi) is 3.61. The number of carbonyl (C=O) groups excluding carboxylic acids is 2. The van der Waals surface area contributed by atoms with E-state index in [0.29, 0.717) is 17.6 Å². The number of hydrogen-bond acceptors (Lipinski definition) is 3. The Morgan fingerprint density at radius 2 is 1.57 bits per heavy atom. The summed E-state index contributed by atoms with van der Waals surface area (Å²) in [5.74, 6) is -0.341. The van der Waals surface area contributed by atoms with Crippen molar-refractivity contribution in [1.29, 1.82) is 0 Å². The molecule has 0 N–H and O–H groups in total. The molecule has 0 spiro atoms. The number of carbonyl (C=O) groups is 2. The lowest BCUT2D eigenvalue weighted by Gasteiger charge is -2.40. The number of benzene rings is 2. The summed E-state index contributed by atoms with van der Waals surface area (Å²) in [6, 6.07) is 15.9. The van der Waals surface area contributed by atoms with Gasteiger partial charge in [-0.05, 0) is 24.3 Å². The highest BCUT2D eigenvalue weighted by atomic mass is 16.1.